The molecule has 0 aromatic heterocycles. The number of amides is 2. The molecule has 0 aromatic rings. The van der Waals surface area contributed by atoms with Crippen molar-refractivity contribution in [3.05, 3.63) is 0 Å². The van der Waals surface area contributed by atoms with E-state index in [2.05, 4.69) is 10.6 Å². The molecule has 0 spiro atoms. The van der Waals surface area contributed by atoms with Crippen LogP contribution in [0.1, 0.15) is 13.8 Å². The molecular weight excluding hydrogens is 154 g/mol. The fourth-order valence-electron chi connectivity index (χ4n) is 1.09. The molecule has 1 heterocycles. The summed E-state index contributed by atoms with van der Waals surface area (Å²) < 4.78 is 0. The van der Waals surface area contributed by atoms with Crippen molar-refractivity contribution in [1.29, 1.82) is 0 Å². The number of carbonyl (C=O) groups excluding carboxylic acids is 1. The molecule has 0 saturated carbocycles. The highest BCUT2D eigenvalue weighted by atomic mass is 16.2. The van der Waals surface area contributed by atoms with E-state index in [1.807, 2.05) is 13.8 Å². The lowest BCUT2D eigenvalue weighted by Crippen LogP contribution is -2.68. The smallest absolute Gasteiger partial charge is 0.317 e. The van der Waals surface area contributed by atoms with Crippen molar-refractivity contribution in [3.63, 3.8) is 0 Å². The van der Waals surface area contributed by atoms with Gasteiger partial charge in [-0.25, -0.2) is 4.79 Å². The lowest BCUT2D eigenvalue weighted by molar-refractivity contribution is 0.179. The van der Waals surface area contributed by atoms with Crippen LogP contribution in [0, 0.1) is 0 Å². The number of hydrogen-bond donors (Lipinski definition) is 2. The maximum absolute atomic E-state index is 11.4. The van der Waals surface area contributed by atoms with Gasteiger partial charge in [0, 0.05) is 26.7 Å². The summed E-state index contributed by atoms with van der Waals surface area (Å²) in [6, 6.07) is 0.0153. The van der Waals surface area contributed by atoms with Crippen LogP contribution in [0.3, 0.4) is 0 Å². The average molecular weight is 171 g/mol. The number of urea groups is 1. The second-order valence-electron chi connectivity index (χ2n) is 3.61. The van der Waals surface area contributed by atoms with Gasteiger partial charge in [0.25, 0.3) is 0 Å². The Labute approximate surface area is 73.3 Å². The van der Waals surface area contributed by atoms with Gasteiger partial charge in [0.2, 0.25) is 0 Å². The van der Waals surface area contributed by atoms with Crippen LogP contribution >= 0.6 is 0 Å². The summed E-state index contributed by atoms with van der Waals surface area (Å²) in [5.41, 5.74) is -0.0273. The maximum Gasteiger partial charge on any atom is 0.317 e. The summed E-state index contributed by atoms with van der Waals surface area (Å²) in [6.07, 6.45) is 0. The van der Waals surface area contributed by atoms with Gasteiger partial charge < -0.3 is 15.5 Å². The predicted octanol–water partition coefficient (Wildman–Crippen LogP) is 0.00960. The van der Waals surface area contributed by atoms with E-state index in [1.165, 1.54) is 0 Å². The summed E-state index contributed by atoms with van der Waals surface area (Å²) in [5.74, 6) is 0. The Morgan fingerprint density at radius 2 is 2.25 bits per heavy atom. The first-order valence-corrected chi connectivity index (χ1v) is 4.31. The predicted molar refractivity (Wildman–Crippen MR) is 48.1 cm³/mol. The number of carbonyl (C=O) groups is 1. The molecule has 1 rings (SSSR count). The van der Waals surface area contributed by atoms with Crippen molar-refractivity contribution in [2.45, 2.75) is 19.4 Å². The maximum atomic E-state index is 11.4. The van der Waals surface area contributed by atoms with Crippen LogP contribution in [-0.4, -0.2) is 43.2 Å². The molecule has 1 fully saturated rings. The number of nitrogens with zero attached hydrogens (tertiary/aromatic N) is 1. The molecule has 1 aliphatic heterocycles. The monoisotopic (exact) mass is 171 g/mol. The van der Waals surface area contributed by atoms with Crippen LogP contribution in [0.5, 0.6) is 0 Å². The molecule has 70 valence electrons. The van der Waals surface area contributed by atoms with Gasteiger partial charge in [0.1, 0.15) is 0 Å². The van der Waals surface area contributed by atoms with Crippen molar-refractivity contribution < 1.29 is 4.79 Å². The normalized spacial score (nSPS) is 19.6. The van der Waals surface area contributed by atoms with Gasteiger partial charge in [-0.1, -0.05) is 0 Å². The summed E-state index contributed by atoms with van der Waals surface area (Å²) in [4.78, 5) is 13.0. The second kappa shape index (κ2) is 3.31. The van der Waals surface area contributed by atoms with E-state index in [9.17, 15) is 4.79 Å². The first-order chi connectivity index (χ1) is 5.57. The minimum absolute atomic E-state index is 0.0153. The minimum Gasteiger partial charge on any atom is -0.330 e. The molecule has 0 atom stereocenters. The first-order valence-electron chi connectivity index (χ1n) is 4.31. The van der Waals surface area contributed by atoms with E-state index >= 15 is 0 Å². The van der Waals surface area contributed by atoms with Crippen LogP contribution in [0.4, 0.5) is 4.79 Å². The molecule has 12 heavy (non-hydrogen) atoms. The standard InChI is InChI=1S/C8H17N3O/c1-4-11(3)7(12)10-8(2)5-9-6-8/h9H,4-6H2,1-3H3,(H,10,12). The molecule has 2 N–H and O–H groups in total. The highest BCUT2D eigenvalue weighted by Gasteiger charge is 2.33. The third kappa shape index (κ3) is 1.88. The summed E-state index contributed by atoms with van der Waals surface area (Å²) in [7, 11) is 1.80. The van der Waals surface area contributed by atoms with Gasteiger partial charge in [-0.3, -0.25) is 0 Å². The summed E-state index contributed by atoms with van der Waals surface area (Å²) in [5, 5.41) is 6.10. The third-order valence-electron chi connectivity index (χ3n) is 2.26. The highest BCUT2D eigenvalue weighted by Crippen LogP contribution is 2.08. The van der Waals surface area contributed by atoms with Gasteiger partial charge >= 0.3 is 6.03 Å². The van der Waals surface area contributed by atoms with Gasteiger partial charge in [-0.2, -0.15) is 0 Å². The van der Waals surface area contributed by atoms with Gasteiger partial charge in [-0.15, -0.1) is 0 Å². The largest absolute Gasteiger partial charge is 0.330 e. The molecule has 1 aliphatic rings. The molecule has 4 heteroatoms. The number of nitrogens with one attached hydrogen (secondary N) is 2. The zero-order valence-electron chi connectivity index (χ0n) is 7.98. The molecule has 0 bridgehead atoms. The highest BCUT2D eigenvalue weighted by molar-refractivity contribution is 5.74. The van der Waals surface area contributed by atoms with Crippen molar-refractivity contribution in [1.82, 2.24) is 15.5 Å². The van der Waals surface area contributed by atoms with E-state index in [0.717, 1.165) is 19.6 Å². The van der Waals surface area contributed by atoms with E-state index in [4.69, 9.17) is 0 Å². The lowest BCUT2D eigenvalue weighted by atomic mass is 9.96. The Morgan fingerprint density at radius 1 is 1.67 bits per heavy atom. The molecule has 0 aliphatic carbocycles. The Bertz CT molecular complexity index is 177. The van der Waals surface area contributed by atoms with E-state index in [-0.39, 0.29) is 11.6 Å². The fourth-order valence-corrected chi connectivity index (χ4v) is 1.09. The van der Waals surface area contributed by atoms with Crippen molar-refractivity contribution in [3.8, 4) is 0 Å². The molecule has 4 nitrogen and oxygen atoms in total. The van der Waals surface area contributed by atoms with Gasteiger partial charge in [0.05, 0.1) is 5.54 Å². The second-order valence-corrected chi connectivity index (χ2v) is 3.61. The van der Waals surface area contributed by atoms with Crippen LogP contribution in [-0.2, 0) is 0 Å². The van der Waals surface area contributed by atoms with Crippen LogP contribution in [0.25, 0.3) is 0 Å². The van der Waals surface area contributed by atoms with Crippen LogP contribution in [0.2, 0.25) is 0 Å². The minimum atomic E-state index is -0.0273. The Hall–Kier alpha value is -0.770. The summed E-state index contributed by atoms with van der Waals surface area (Å²) in [6.45, 7) is 6.49. The van der Waals surface area contributed by atoms with Crippen LogP contribution in [0.15, 0.2) is 0 Å². The fraction of sp³-hybridized carbons (Fsp3) is 0.875. The Balaban J connectivity index is 2.35. The Kier molecular flexibility index (Phi) is 2.57. The SMILES string of the molecule is CCN(C)C(=O)NC1(C)CNC1. The van der Waals surface area contributed by atoms with Crippen molar-refractivity contribution in [2.24, 2.45) is 0 Å². The molecule has 1 saturated heterocycles. The molecule has 0 unspecified atom stereocenters. The average Bonchev–Trinajstić information content (AvgIpc) is 2.00. The zero-order chi connectivity index (χ0) is 9.19. The van der Waals surface area contributed by atoms with Crippen molar-refractivity contribution >= 4 is 6.03 Å². The molecule has 0 radical (unpaired) electrons. The Morgan fingerprint density at radius 3 is 2.58 bits per heavy atom. The number of hydrogen-bond acceptors (Lipinski definition) is 2. The topological polar surface area (TPSA) is 44.4 Å². The quantitative estimate of drug-likeness (QED) is 0.614. The van der Waals surface area contributed by atoms with E-state index in [1.54, 1.807) is 11.9 Å². The van der Waals surface area contributed by atoms with Gasteiger partial charge in [0.15, 0.2) is 0 Å². The third-order valence-corrected chi connectivity index (χ3v) is 2.26. The summed E-state index contributed by atoms with van der Waals surface area (Å²) >= 11 is 0. The van der Waals surface area contributed by atoms with Crippen LogP contribution < -0.4 is 10.6 Å². The molecular formula is C8H17N3O. The van der Waals surface area contributed by atoms with E-state index < -0.39 is 0 Å². The number of rotatable bonds is 2. The molecule has 0 aromatic carbocycles. The van der Waals surface area contributed by atoms with E-state index in [0.29, 0.717) is 0 Å². The first kappa shape index (κ1) is 9.32. The van der Waals surface area contributed by atoms with Gasteiger partial charge in [-0.05, 0) is 13.8 Å². The van der Waals surface area contributed by atoms with Crippen molar-refractivity contribution in [2.75, 3.05) is 26.7 Å². The zero-order valence-corrected chi connectivity index (χ0v) is 7.98. The lowest BCUT2D eigenvalue weighted by Gasteiger charge is -2.40. The molecule has 2 amide bonds.